The summed E-state index contributed by atoms with van der Waals surface area (Å²) in [4.78, 5) is 37.6. The number of aromatic nitrogens is 2. The molecule has 0 saturated heterocycles. The van der Waals surface area contributed by atoms with Gasteiger partial charge in [-0.2, -0.15) is 9.59 Å². The zero-order valence-electron chi connectivity index (χ0n) is 14.6. The van der Waals surface area contributed by atoms with E-state index < -0.39 is 5.97 Å². The first-order valence-corrected chi connectivity index (χ1v) is 6.33. The van der Waals surface area contributed by atoms with Gasteiger partial charge < -0.3 is 27.5 Å². The van der Waals surface area contributed by atoms with Crippen molar-refractivity contribution in [3.05, 3.63) is 52.6 Å². The van der Waals surface area contributed by atoms with Gasteiger partial charge in [-0.15, -0.1) is 0 Å². The van der Waals surface area contributed by atoms with Crippen LogP contribution in [-0.4, -0.2) is 87.0 Å². The molecule has 0 aromatic carbocycles. The minimum atomic E-state index is -0.977. The number of nitrogens with two attached hydrogens (primary N) is 2. The van der Waals surface area contributed by atoms with Crippen LogP contribution < -0.4 is 11.5 Å². The number of pyridine rings is 2. The van der Waals surface area contributed by atoms with E-state index in [-0.39, 0.29) is 71.5 Å². The quantitative estimate of drug-likeness (QED) is 0.371. The normalized spacial score (nSPS) is 7.44. The van der Waals surface area contributed by atoms with E-state index in [1.54, 1.807) is 26.0 Å². The van der Waals surface area contributed by atoms with Gasteiger partial charge in [0.05, 0.1) is 17.8 Å². The van der Waals surface area contributed by atoms with Gasteiger partial charge >= 0.3 is 61.0 Å². The Morgan fingerprint density at radius 2 is 1.44 bits per heavy atom. The van der Waals surface area contributed by atoms with E-state index in [2.05, 4.69) is 14.8 Å². The number of hydrogen-bond donors (Lipinski definition) is 3. The number of rotatable bonds is 1. The first-order valence-electron chi connectivity index (χ1n) is 6.33. The van der Waals surface area contributed by atoms with Crippen LogP contribution in [0.1, 0.15) is 21.7 Å². The summed E-state index contributed by atoms with van der Waals surface area (Å²) in [5.41, 5.74) is 12.6. The molecule has 0 bridgehead atoms. The second-order valence-corrected chi connectivity index (χ2v) is 4.21. The number of carboxylic acid groups (broad SMARTS) is 1. The number of nitrogens with zero attached hydrogens (tertiary/aromatic N) is 3. The molecule has 2 aromatic rings. The van der Waals surface area contributed by atoms with Crippen molar-refractivity contribution < 1.29 is 30.4 Å². The molecule has 0 spiro atoms. The summed E-state index contributed by atoms with van der Waals surface area (Å²) in [5, 5.41) is 8.58. The largest absolute Gasteiger partial charge is 2.00 e. The van der Waals surface area contributed by atoms with Crippen LogP contribution in [0.25, 0.3) is 4.85 Å². The third-order valence-electron chi connectivity index (χ3n) is 2.54. The van der Waals surface area contributed by atoms with E-state index in [0.29, 0.717) is 28.7 Å². The average Bonchev–Trinajstić information content (AvgIpc) is 2.48. The fourth-order valence-corrected chi connectivity index (χ4v) is 1.50. The van der Waals surface area contributed by atoms with Gasteiger partial charge in [-0.05, 0) is 32.0 Å². The summed E-state index contributed by atoms with van der Waals surface area (Å²) < 4.78 is 0. The molecule has 140 valence electrons. The zero-order valence-corrected chi connectivity index (χ0v) is 19.0. The monoisotopic (exact) mass is 501 g/mol. The molecule has 0 unspecified atom stereocenters. The van der Waals surface area contributed by atoms with E-state index >= 15 is 0 Å². The van der Waals surface area contributed by atoms with E-state index in [1.165, 1.54) is 12.1 Å². The van der Waals surface area contributed by atoms with Crippen molar-refractivity contribution in [2.75, 3.05) is 11.5 Å². The van der Waals surface area contributed by atoms with Gasteiger partial charge in [-0.25, -0.2) is 19.6 Å². The average molecular weight is 501 g/mol. The minimum Gasteiger partial charge on any atom is -0.870 e. The number of carbonyl (C=O) groups excluding carboxylic acids is 2. The van der Waals surface area contributed by atoms with Gasteiger partial charge in [0, 0.05) is 5.69 Å². The second-order valence-electron chi connectivity index (χ2n) is 4.21. The molecular weight excluding hydrogens is 484 g/mol. The molecule has 2 aromatic heterocycles. The van der Waals surface area contributed by atoms with Crippen molar-refractivity contribution in [2.24, 2.45) is 0 Å². The fourth-order valence-electron chi connectivity index (χ4n) is 1.50. The van der Waals surface area contributed by atoms with Gasteiger partial charge in [-0.3, -0.25) is 0 Å². The van der Waals surface area contributed by atoms with Crippen LogP contribution >= 0.6 is 0 Å². The second kappa shape index (κ2) is 17.2. The maximum atomic E-state index is 10.5. The molecule has 0 amide bonds. The number of aryl methyl sites for hydroxylation is 2. The Morgan fingerprint density at radius 3 is 1.78 bits per heavy atom. The number of aromatic carboxylic acids is 1. The predicted molar refractivity (Wildman–Crippen MR) is 94.6 cm³/mol. The molecule has 0 radical (unpaired) electrons. The number of carboxylic acids is 1. The molecule has 0 atom stereocenters. The number of nitrogen functional groups attached to an aromatic ring is 2. The summed E-state index contributed by atoms with van der Waals surface area (Å²) in [6.45, 7) is 10.1. The predicted octanol–water partition coefficient (Wildman–Crippen LogP) is 0.876. The Hall–Kier alpha value is -2.27. The van der Waals surface area contributed by atoms with Crippen LogP contribution in [-0.2, 0) is 9.59 Å². The first kappa shape index (κ1) is 32.4. The van der Waals surface area contributed by atoms with Gasteiger partial charge in [0.2, 0.25) is 5.69 Å². The molecule has 11 nitrogen and oxygen atoms in total. The van der Waals surface area contributed by atoms with Crippen LogP contribution in [0, 0.1) is 20.4 Å². The summed E-state index contributed by atoms with van der Waals surface area (Å²) in [6.07, 6.45) is 0.250. The van der Waals surface area contributed by atoms with Crippen molar-refractivity contribution in [2.45, 2.75) is 13.8 Å². The zero-order chi connectivity index (χ0) is 18.7. The summed E-state index contributed by atoms with van der Waals surface area (Å²) >= 11 is 0. The Labute approximate surface area is 195 Å². The van der Waals surface area contributed by atoms with Gasteiger partial charge in [0.25, 0.3) is 0 Å². The van der Waals surface area contributed by atoms with Crippen LogP contribution in [0.3, 0.4) is 0 Å². The molecule has 0 saturated carbocycles. The van der Waals surface area contributed by atoms with Gasteiger partial charge in [0.1, 0.15) is 11.6 Å². The third-order valence-corrected chi connectivity index (χ3v) is 2.54. The number of carbonyl (C=O) groups is 1. The molecule has 2 heterocycles. The van der Waals surface area contributed by atoms with E-state index in [9.17, 15) is 4.79 Å². The van der Waals surface area contributed by atoms with Gasteiger partial charge in [-0.1, -0.05) is 6.07 Å². The van der Waals surface area contributed by atoms with Crippen LogP contribution in [0.4, 0.5) is 17.3 Å². The first-order chi connectivity index (χ1) is 11.3. The van der Waals surface area contributed by atoms with Crippen molar-refractivity contribution in [1.82, 2.24) is 9.97 Å². The maximum Gasteiger partial charge on any atom is 2.00 e. The molecule has 7 N–H and O–H groups in total. The van der Waals surface area contributed by atoms with Crippen LogP contribution in [0.15, 0.2) is 24.3 Å². The molecule has 0 aliphatic carbocycles. The van der Waals surface area contributed by atoms with Crippen LogP contribution in [0.2, 0.25) is 0 Å². The Balaban J connectivity index is -0.000000156. The van der Waals surface area contributed by atoms with E-state index in [4.69, 9.17) is 32.7 Å². The fraction of sp³-hybridized carbons (Fsp3) is 0.133. The Kier molecular flexibility index (Phi) is 20.6. The number of hydrogen-bond acceptors (Lipinski definition) is 9. The van der Waals surface area contributed by atoms with Crippen molar-refractivity contribution in [1.29, 1.82) is 0 Å². The maximum absolute atomic E-state index is 10.5. The molecule has 2 rings (SSSR count). The SMILES string of the molecule is Cc1nc(N)ccc1C(=O)O.O=C=O.[Ba+2].[C-]#[N+]c1ccc(N)nc1C.[OH-].[OH-]. The van der Waals surface area contributed by atoms with E-state index in [1.807, 2.05) is 0 Å². The van der Waals surface area contributed by atoms with Crippen LogP contribution in [0.5, 0.6) is 0 Å². The van der Waals surface area contributed by atoms with E-state index in [0.717, 1.165) is 0 Å². The van der Waals surface area contributed by atoms with Crippen molar-refractivity contribution in [3.63, 3.8) is 0 Å². The Bertz CT molecular complexity index is 804. The van der Waals surface area contributed by atoms with Crippen molar-refractivity contribution >= 4 is 78.3 Å². The Morgan fingerprint density at radius 1 is 1.04 bits per heavy atom. The molecule has 12 heteroatoms. The molecule has 27 heavy (non-hydrogen) atoms. The molecular formula is C15H17BaN5O6. The topological polar surface area (TPSA) is 214 Å². The smallest absolute Gasteiger partial charge is 0.870 e. The molecule has 0 aliphatic heterocycles. The molecule has 0 fully saturated rings. The minimum absolute atomic E-state index is 0. The third kappa shape index (κ3) is 12.7. The van der Waals surface area contributed by atoms with Gasteiger partial charge in [0.15, 0.2) is 0 Å². The summed E-state index contributed by atoms with van der Waals surface area (Å²) in [6, 6.07) is 6.21. The number of anilines is 2. The standard InChI is InChI=1S/C7H7N3.C7H8N2O2.CO2.Ba.2H2O/c1-5-6(9-2)3-4-7(8)10-5;1-4-5(7(10)11)2-3-6(8)9-4;2-1-3;;;/h3-4H,1H3,(H2,8,10);2-3H,1H3,(H2,8,9)(H,10,11);;;2*1H2/q;;;+2;;/p-2. The van der Waals surface area contributed by atoms with Crippen molar-refractivity contribution in [3.8, 4) is 0 Å². The molecule has 0 aliphatic rings. The summed E-state index contributed by atoms with van der Waals surface area (Å²) in [5.74, 6) is -0.174. The summed E-state index contributed by atoms with van der Waals surface area (Å²) in [7, 11) is 0.